The normalized spacial score (nSPS) is 17.0. The van der Waals surface area contributed by atoms with Crippen molar-refractivity contribution in [3.05, 3.63) is 41.1 Å². The lowest BCUT2D eigenvalue weighted by Crippen LogP contribution is -2.46. The molecule has 1 atom stereocenters. The minimum absolute atomic E-state index is 0.247. The van der Waals surface area contributed by atoms with E-state index < -0.39 is 12.0 Å². The van der Waals surface area contributed by atoms with Gasteiger partial charge in [0.05, 0.1) is 24.3 Å². The molecule has 26 heavy (non-hydrogen) atoms. The van der Waals surface area contributed by atoms with Crippen LogP contribution in [0.1, 0.15) is 58.6 Å². The Balaban J connectivity index is 2.51. The Kier molecular flexibility index (Phi) is 7.06. The van der Waals surface area contributed by atoms with Crippen LogP contribution in [0.2, 0.25) is 0 Å². The summed E-state index contributed by atoms with van der Waals surface area (Å²) in [5.74, 6) is 0.235. The minimum Gasteiger partial charge on any atom is -0.493 e. The van der Waals surface area contributed by atoms with Crippen LogP contribution in [-0.2, 0) is 9.53 Å². The summed E-state index contributed by atoms with van der Waals surface area (Å²) >= 11 is 0. The van der Waals surface area contributed by atoms with Crippen LogP contribution >= 0.6 is 0 Å². The third-order valence-corrected chi connectivity index (χ3v) is 3.91. The fourth-order valence-corrected chi connectivity index (χ4v) is 2.88. The van der Waals surface area contributed by atoms with Crippen LogP contribution in [0.5, 0.6) is 5.75 Å². The molecule has 0 spiro atoms. The molecule has 1 aliphatic heterocycles. The van der Waals surface area contributed by atoms with Crippen molar-refractivity contribution >= 4 is 12.0 Å². The van der Waals surface area contributed by atoms with Gasteiger partial charge in [-0.2, -0.15) is 0 Å². The monoisotopic (exact) mass is 360 g/mol. The molecule has 1 heterocycles. The van der Waals surface area contributed by atoms with Gasteiger partial charge in [-0.3, -0.25) is 0 Å². The van der Waals surface area contributed by atoms with E-state index in [1.54, 1.807) is 13.8 Å². The number of carbonyl (C=O) groups is 2. The molecule has 0 radical (unpaired) electrons. The molecule has 1 unspecified atom stereocenters. The summed E-state index contributed by atoms with van der Waals surface area (Å²) in [6.45, 7) is 8.20. The van der Waals surface area contributed by atoms with Crippen molar-refractivity contribution in [2.45, 2.75) is 59.1 Å². The highest BCUT2D eigenvalue weighted by molar-refractivity contribution is 5.95. The molecule has 0 bridgehead atoms. The van der Waals surface area contributed by atoms with Crippen molar-refractivity contribution in [2.24, 2.45) is 0 Å². The molecule has 6 nitrogen and oxygen atoms in total. The van der Waals surface area contributed by atoms with E-state index in [9.17, 15) is 9.59 Å². The number of esters is 1. The Hall–Kier alpha value is -2.50. The zero-order chi connectivity index (χ0) is 19.1. The van der Waals surface area contributed by atoms with E-state index in [1.165, 1.54) is 0 Å². The fraction of sp³-hybridized carbons (Fsp3) is 0.500. The fourth-order valence-electron chi connectivity index (χ4n) is 2.88. The molecule has 2 N–H and O–H groups in total. The average Bonchev–Trinajstić information content (AvgIpc) is 2.59. The highest BCUT2D eigenvalue weighted by Crippen LogP contribution is 2.34. The minimum atomic E-state index is -0.607. The number of benzene rings is 1. The zero-order valence-electron chi connectivity index (χ0n) is 15.9. The number of nitrogens with one attached hydrogen (secondary N) is 2. The van der Waals surface area contributed by atoms with Gasteiger partial charge in [-0.25, -0.2) is 9.59 Å². The van der Waals surface area contributed by atoms with Gasteiger partial charge < -0.3 is 20.1 Å². The maximum Gasteiger partial charge on any atom is 0.338 e. The first-order chi connectivity index (χ1) is 12.5. The number of hydrogen-bond acceptors (Lipinski definition) is 4. The van der Waals surface area contributed by atoms with Crippen LogP contribution in [0.4, 0.5) is 4.79 Å². The smallest absolute Gasteiger partial charge is 0.338 e. The van der Waals surface area contributed by atoms with E-state index in [-0.39, 0.29) is 12.1 Å². The maximum atomic E-state index is 12.8. The Labute approximate surface area is 154 Å². The van der Waals surface area contributed by atoms with Gasteiger partial charge in [0.1, 0.15) is 5.75 Å². The molecule has 6 heteroatoms. The topological polar surface area (TPSA) is 76.7 Å². The predicted octanol–water partition coefficient (Wildman–Crippen LogP) is 3.84. The lowest BCUT2D eigenvalue weighted by molar-refractivity contribution is -0.143. The molecular formula is C20H28N2O4. The van der Waals surface area contributed by atoms with Crippen LogP contribution in [0, 0.1) is 0 Å². The van der Waals surface area contributed by atoms with E-state index >= 15 is 0 Å². The van der Waals surface area contributed by atoms with Gasteiger partial charge in [-0.1, -0.05) is 38.5 Å². The van der Waals surface area contributed by atoms with Crippen molar-refractivity contribution in [1.29, 1.82) is 0 Å². The average molecular weight is 360 g/mol. The molecule has 1 aromatic rings. The van der Waals surface area contributed by atoms with Crippen molar-refractivity contribution in [3.63, 3.8) is 0 Å². The van der Waals surface area contributed by atoms with E-state index in [1.807, 2.05) is 38.1 Å². The number of ether oxygens (including phenoxy) is 2. The van der Waals surface area contributed by atoms with Gasteiger partial charge in [-0.15, -0.1) is 0 Å². The second kappa shape index (κ2) is 9.27. The first-order valence-electron chi connectivity index (χ1n) is 9.21. The standard InChI is InChI=1S/C20H28N2O4/c1-5-9-15-17(19(23)26-13(3)4)18(22-20(24)21-15)14-10-7-8-11-16(14)25-12-6-2/h7-8,10-11,13,18H,5-6,9,12H2,1-4H3,(H2,21,22,24). The van der Waals surface area contributed by atoms with Gasteiger partial charge in [0.2, 0.25) is 0 Å². The van der Waals surface area contributed by atoms with Crippen LogP contribution in [-0.4, -0.2) is 24.7 Å². The summed E-state index contributed by atoms with van der Waals surface area (Å²) in [6, 6.07) is 6.53. The first kappa shape index (κ1) is 19.8. The van der Waals surface area contributed by atoms with E-state index in [4.69, 9.17) is 9.47 Å². The molecule has 2 rings (SSSR count). The van der Waals surface area contributed by atoms with E-state index in [2.05, 4.69) is 10.6 Å². The maximum absolute atomic E-state index is 12.8. The summed E-state index contributed by atoms with van der Waals surface area (Å²) in [5, 5.41) is 5.63. The number of urea groups is 1. The molecule has 1 aromatic carbocycles. The molecule has 0 aromatic heterocycles. The molecular weight excluding hydrogens is 332 g/mol. The van der Waals surface area contributed by atoms with E-state index in [0.717, 1.165) is 18.4 Å². The largest absolute Gasteiger partial charge is 0.493 e. The third-order valence-electron chi connectivity index (χ3n) is 3.91. The molecule has 0 fully saturated rings. The van der Waals surface area contributed by atoms with Crippen molar-refractivity contribution in [3.8, 4) is 5.75 Å². The summed E-state index contributed by atoms with van der Waals surface area (Å²) in [6.07, 6.45) is 2.01. The number of amides is 2. The van der Waals surface area contributed by atoms with Gasteiger partial charge in [-0.05, 0) is 32.8 Å². The zero-order valence-corrected chi connectivity index (χ0v) is 15.9. The Morgan fingerprint density at radius 3 is 2.58 bits per heavy atom. The molecule has 142 valence electrons. The Morgan fingerprint density at radius 1 is 1.19 bits per heavy atom. The first-order valence-corrected chi connectivity index (χ1v) is 9.21. The van der Waals surface area contributed by atoms with Crippen LogP contribution in [0.15, 0.2) is 35.5 Å². The van der Waals surface area contributed by atoms with Crippen molar-refractivity contribution in [2.75, 3.05) is 6.61 Å². The van der Waals surface area contributed by atoms with Gasteiger partial charge in [0.25, 0.3) is 0 Å². The number of hydrogen-bond donors (Lipinski definition) is 2. The van der Waals surface area contributed by atoms with Gasteiger partial charge in [0, 0.05) is 11.3 Å². The SMILES string of the molecule is CCCOc1ccccc1C1NC(=O)NC(CCC)=C1C(=O)OC(C)C. The number of para-hydroxylation sites is 1. The van der Waals surface area contributed by atoms with Gasteiger partial charge >= 0.3 is 12.0 Å². The summed E-state index contributed by atoms with van der Waals surface area (Å²) in [7, 11) is 0. The molecule has 2 amide bonds. The third kappa shape index (κ3) is 4.77. The van der Waals surface area contributed by atoms with Gasteiger partial charge in [0.15, 0.2) is 0 Å². The number of carbonyl (C=O) groups excluding carboxylic acids is 2. The summed E-state index contributed by atoms with van der Waals surface area (Å²) in [5.41, 5.74) is 1.80. The quantitative estimate of drug-likeness (QED) is 0.691. The van der Waals surface area contributed by atoms with Crippen molar-refractivity contribution in [1.82, 2.24) is 10.6 Å². The van der Waals surface area contributed by atoms with Crippen molar-refractivity contribution < 1.29 is 19.1 Å². The molecule has 1 aliphatic rings. The van der Waals surface area contributed by atoms with E-state index in [0.29, 0.717) is 30.0 Å². The Morgan fingerprint density at radius 2 is 1.92 bits per heavy atom. The summed E-state index contributed by atoms with van der Waals surface area (Å²) in [4.78, 5) is 25.0. The number of allylic oxidation sites excluding steroid dienone is 1. The highest BCUT2D eigenvalue weighted by atomic mass is 16.5. The molecule has 0 saturated heterocycles. The highest BCUT2D eigenvalue weighted by Gasteiger charge is 2.35. The van der Waals surface area contributed by atoms with Crippen LogP contribution in [0.3, 0.4) is 0 Å². The summed E-state index contributed by atoms with van der Waals surface area (Å²) < 4.78 is 11.3. The molecule has 0 aliphatic carbocycles. The van der Waals surface area contributed by atoms with Crippen LogP contribution in [0.25, 0.3) is 0 Å². The van der Waals surface area contributed by atoms with Crippen LogP contribution < -0.4 is 15.4 Å². The lowest BCUT2D eigenvalue weighted by Gasteiger charge is -2.30. The second-order valence-electron chi connectivity index (χ2n) is 6.51. The second-order valence-corrected chi connectivity index (χ2v) is 6.51. The predicted molar refractivity (Wildman–Crippen MR) is 99.8 cm³/mol. The molecule has 0 saturated carbocycles. The Bertz CT molecular complexity index is 682. The number of rotatable bonds is 8. The lowest BCUT2D eigenvalue weighted by atomic mass is 9.93.